The second-order valence-electron chi connectivity index (χ2n) is 5.20. The van der Waals surface area contributed by atoms with Crippen molar-refractivity contribution in [2.45, 2.75) is 31.1 Å². The predicted octanol–water partition coefficient (Wildman–Crippen LogP) is -1.11. The smallest absolute Gasteiger partial charge is 0.325 e. The van der Waals surface area contributed by atoms with Crippen LogP contribution in [0.25, 0.3) is 0 Å². The van der Waals surface area contributed by atoms with Crippen molar-refractivity contribution in [2.24, 2.45) is 5.73 Å². The second kappa shape index (κ2) is 7.16. The van der Waals surface area contributed by atoms with E-state index in [1.54, 1.807) is 7.11 Å². The van der Waals surface area contributed by atoms with Crippen molar-refractivity contribution < 1.29 is 24.5 Å². The Kier molecular flexibility index (Phi) is 6.15. The number of nitrogens with zero attached hydrogens (tertiary/aromatic N) is 1. The average molecular weight is 276 g/mol. The third-order valence-corrected chi connectivity index (χ3v) is 3.25. The number of carbonyl (C=O) groups is 1. The van der Waals surface area contributed by atoms with E-state index < -0.39 is 17.6 Å². The molecule has 0 aromatic heterocycles. The number of aliphatic carboxylic acids is 1. The van der Waals surface area contributed by atoms with Crippen LogP contribution in [0.1, 0.15) is 13.3 Å². The molecule has 3 atom stereocenters. The molecule has 0 aliphatic carbocycles. The summed E-state index contributed by atoms with van der Waals surface area (Å²) in [5.41, 5.74) is 4.57. The Morgan fingerprint density at radius 3 is 2.74 bits per heavy atom. The van der Waals surface area contributed by atoms with E-state index in [1.165, 1.54) is 0 Å². The van der Waals surface area contributed by atoms with Gasteiger partial charge in [-0.15, -0.1) is 0 Å². The highest BCUT2D eigenvalue weighted by atomic mass is 16.5. The van der Waals surface area contributed by atoms with Crippen LogP contribution in [-0.2, 0) is 14.3 Å². The molecule has 3 unspecified atom stereocenters. The van der Waals surface area contributed by atoms with Crippen LogP contribution in [0, 0.1) is 0 Å². The summed E-state index contributed by atoms with van der Waals surface area (Å²) in [4.78, 5) is 12.8. The van der Waals surface area contributed by atoms with E-state index in [2.05, 4.69) is 0 Å². The summed E-state index contributed by atoms with van der Waals surface area (Å²) in [6.45, 7) is 3.74. The summed E-state index contributed by atoms with van der Waals surface area (Å²) in [6, 6.07) is 0. The maximum atomic E-state index is 11.0. The first-order chi connectivity index (χ1) is 8.87. The zero-order chi connectivity index (χ0) is 14.5. The molecule has 4 N–H and O–H groups in total. The van der Waals surface area contributed by atoms with Gasteiger partial charge in [-0.1, -0.05) is 0 Å². The molecule has 0 saturated carbocycles. The summed E-state index contributed by atoms with van der Waals surface area (Å²) >= 11 is 0. The number of hydrogen-bond acceptors (Lipinski definition) is 6. The summed E-state index contributed by atoms with van der Waals surface area (Å²) in [5.74, 6) is -0.991. The fourth-order valence-corrected chi connectivity index (χ4v) is 2.15. The van der Waals surface area contributed by atoms with Gasteiger partial charge in [-0.3, -0.25) is 9.69 Å². The summed E-state index contributed by atoms with van der Waals surface area (Å²) in [6.07, 6.45) is -0.336. The number of nitrogens with two attached hydrogens (primary N) is 1. The summed E-state index contributed by atoms with van der Waals surface area (Å²) in [5, 5.41) is 18.8. The van der Waals surface area contributed by atoms with Gasteiger partial charge in [0.05, 0.1) is 25.4 Å². The first-order valence-corrected chi connectivity index (χ1v) is 6.40. The van der Waals surface area contributed by atoms with Gasteiger partial charge in [0.2, 0.25) is 0 Å². The lowest BCUT2D eigenvalue weighted by Crippen LogP contribution is -2.50. The molecule has 0 aromatic carbocycles. The molecule has 1 heterocycles. The van der Waals surface area contributed by atoms with Crippen molar-refractivity contribution in [1.29, 1.82) is 0 Å². The lowest BCUT2D eigenvalue weighted by Gasteiger charge is -2.23. The molecule has 0 spiro atoms. The first kappa shape index (κ1) is 16.3. The minimum atomic E-state index is -1.19. The highest BCUT2D eigenvalue weighted by molar-refractivity contribution is 5.79. The van der Waals surface area contributed by atoms with E-state index in [-0.39, 0.29) is 19.3 Å². The van der Waals surface area contributed by atoms with Gasteiger partial charge in [0.15, 0.2) is 0 Å². The van der Waals surface area contributed by atoms with Crippen molar-refractivity contribution >= 4 is 5.97 Å². The van der Waals surface area contributed by atoms with Gasteiger partial charge >= 0.3 is 5.97 Å². The number of hydrogen-bond donors (Lipinski definition) is 3. The van der Waals surface area contributed by atoms with Crippen molar-refractivity contribution in [2.75, 3.05) is 40.0 Å². The number of carboxylic acids is 1. The Morgan fingerprint density at radius 1 is 1.53 bits per heavy atom. The number of carboxylic acid groups (broad SMARTS) is 1. The van der Waals surface area contributed by atoms with Crippen LogP contribution in [0.5, 0.6) is 0 Å². The molecule has 19 heavy (non-hydrogen) atoms. The Morgan fingerprint density at radius 2 is 2.21 bits per heavy atom. The number of ether oxygens (including phenoxy) is 2. The fourth-order valence-electron chi connectivity index (χ4n) is 2.15. The van der Waals surface area contributed by atoms with E-state index in [0.717, 1.165) is 0 Å². The molecule has 0 aromatic rings. The van der Waals surface area contributed by atoms with Crippen molar-refractivity contribution in [1.82, 2.24) is 4.90 Å². The zero-order valence-electron chi connectivity index (χ0n) is 11.5. The van der Waals surface area contributed by atoms with Gasteiger partial charge in [0.1, 0.15) is 5.54 Å². The molecule has 1 aliphatic heterocycles. The number of aliphatic hydroxyl groups excluding tert-OH is 1. The number of rotatable bonds is 8. The maximum absolute atomic E-state index is 11.0. The Labute approximate surface area is 113 Å². The molecule has 7 heteroatoms. The van der Waals surface area contributed by atoms with E-state index in [4.69, 9.17) is 20.3 Å². The van der Waals surface area contributed by atoms with Crippen molar-refractivity contribution in [3.05, 3.63) is 0 Å². The molecule has 1 saturated heterocycles. The van der Waals surface area contributed by atoms with Crippen molar-refractivity contribution in [3.8, 4) is 0 Å². The van der Waals surface area contributed by atoms with Gasteiger partial charge in [0.25, 0.3) is 0 Å². The molecule has 1 rings (SSSR count). The van der Waals surface area contributed by atoms with Crippen LogP contribution in [0.15, 0.2) is 0 Å². The Hall–Kier alpha value is -0.730. The zero-order valence-corrected chi connectivity index (χ0v) is 11.5. The monoisotopic (exact) mass is 276 g/mol. The highest BCUT2D eigenvalue weighted by Crippen LogP contribution is 2.19. The highest BCUT2D eigenvalue weighted by Gasteiger charge is 2.41. The maximum Gasteiger partial charge on any atom is 0.325 e. The second-order valence-corrected chi connectivity index (χ2v) is 5.20. The molecule has 0 amide bonds. The van der Waals surface area contributed by atoms with E-state index >= 15 is 0 Å². The lowest BCUT2D eigenvalue weighted by molar-refractivity contribution is -0.142. The van der Waals surface area contributed by atoms with E-state index in [9.17, 15) is 9.90 Å². The molecule has 1 aliphatic rings. The molecular formula is C12H24N2O5. The minimum absolute atomic E-state index is 0.0779. The predicted molar refractivity (Wildman–Crippen MR) is 68.9 cm³/mol. The van der Waals surface area contributed by atoms with Gasteiger partial charge in [-0.05, 0) is 13.3 Å². The Bertz CT molecular complexity index is 302. The van der Waals surface area contributed by atoms with Crippen LogP contribution >= 0.6 is 0 Å². The lowest BCUT2D eigenvalue weighted by atomic mass is 10.0. The number of β-amino-alcohol motifs (C(OH)–C–C–N with tert-alkyl or cyclic N) is 1. The quantitative estimate of drug-likeness (QED) is 0.516. The average Bonchev–Trinajstić information content (AvgIpc) is 2.70. The number of likely N-dealkylation sites (tertiary alicyclic amines) is 1. The van der Waals surface area contributed by atoms with Gasteiger partial charge in [-0.25, -0.2) is 0 Å². The Balaban J connectivity index is 2.27. The van der Waals surface area contributed by atoms with Crippen LogP contribution in [-0.4, -0.2) is 78.8 Å². The van der Waals surface area contributed by atoms with E-state index in [0.29, 0.717) is 26.1 Å². The summed E-state index contributed by atoms with van der Waals surface area (Å²) in [7, 11) is 1.59. The molecule has 112 valence electrons. The van der Waals surface area contributed by atoms with Crippen LogP contribution in [0.2, 0.25) is 0 Å². The third kappa shape index (κ3) is 5.04. The van der Waals surface area contributed by atoms with E-state index in [1.807, 2.05) is 11.8 Å². The van der Waals surface area contributed by atoms with Crippen LogP contribution in [0.3, 0.4) is 0 Å². The third-order valence-electron chi connectivity index (χ3n) is 3.25. The molecule has 7 nitrogen and oxygen atoms in total. The molecule has 0 radical (unpaired) electrons. The van der Waals surface area contributed by atoms with Crippen molar-refractivity contribution in [3.63, 3.8) is 0 Å². The molecular weight excluding hydrogens is 252 g/mol. The number of methoxy groups -OCH3 is 1. The fraction of sp³-hybridized carbons (Fsp3) is 0.917. The van der Waals surface area contributed by atoms with Gasteiger partial charge < -0.3 is 25.4 Å². The molecule has 0 bridgehead atoms. The SMILES string of the molecule is COCC(C)OCC(O)CN1CCC(N)(C(=O)O)C1. The summed E-state index contributed by atoms with van der Waals surface area (Å²) < 4.78 is 10.3. The topological polar surface area (TPSA) is 105 Å². The van der Waals surface area contributed by atoms with Crippen LogP contribution < -0.4 is 5.73 Å². The van der Waals surface area contributed by atoms with Gasteiger partial charge in [-0.2, -0.15) is 0 Å². The van der Waals surface area contributed by atoms with Crippen LogP contribution in [0.4, 0.5) is 0 Å². The number of aliphatic hydroxyl groups is 1. The normalized spacial score (nSPS) is 27.4. The minimum Gasteiger partial charge on any atom is -0.480 e. The standard InChI is InChI=1S/C12H24N2O5/c1-9(6-18-2)19-7-10(15)5-14-4-3-12(13,8-14)11(16)17/h9-10,15H,3-8,13H2,1-2H3,(H,16,17). The molecule has 1 fully saturated rings. The first-order valence-electron chi connectivity index (χ1n) is 6.40. The largest absolute Gasteiger partial charge is 0.480 e. The van der Waals surface area contributed by atoms with Gasteiger partial charge in [0, 0.05) is 26.7 Å².